The molecule has 0 saturated carbocycles. The molecule has 0 atom stereocenters. The van der Waals surface area contributed by atoms with E-state index in [2.05, 4.69) is 15.8 Å². The summed E-state index contributed by atoms with van der Waals surface area (Å²) >= 11 is 1.34. The smallest absolute Gasteiger partial charge is 0.276 e. The van der Waals surface area contributed by atoms with Gasteiger partial charge in [-0.1, -0.05) is 6.07 Å². The minimum absolute atomic E-state index is 0.256. The van der Waals surface area contributed by atoms with Gasteiger partial charge in [0.2, 0.25) is 0 Å². The number of halogens is 1. The van der Waals surface area contributed by atoms with Crippen molar-refractivity contribution in [1.82, 2.24) is 15.8 Å². The van der Waals surface area contributed by atoms with E-state index >= 15 is 0 Å². The Morgan fingerprint density at radius 3 is 3.04 bits per heavy atom. The third kappa shape index (κ3) is 5.09. The molecule has 1 aromatic heterocycles. The summed E-state index contributed by atoms with van der Waals surface area (Å²) in [5.74, 6) is -0.661. The second-order valence-electron chi connectivity index (χ2n) is 4.40. The zero-order chi connectivity index (χ0) is 16.7. The van der Waals surface area contributed by atoms with Gasteiger partial charge in [-0.25, -0.2) is 9.37 Å². The van der Waals surface area contributed by atoms with Gasteiger partial charge in [0.05, 0.1) is 0 Å². The van der Waals surface area contributed by atoms with Crippen LogP contribution in [0.5, 0.6) is 5.75 Å². The third-order valence-electron chi connectivity index (χ3n) is 2.56. The predicted octanol–water partition coefficient (Wildman–Crippen LogP) is 2.15. The average Bonchev–Trinajstić information content (AvgIpc) is 2.96. The fourth-order valence-corrected chi connectivity index (χ4v) is 2.31. The fourth-order valence-electron chi connectivity index (χ4n) is 1.55. The van der Waals surface area contributed by atoms with Crippen LogP contribution < -0.4 is 15.6 Å². The minimum atomic E-state index is -0.474. The lowest BCUT2D eigenvalue weighted by Crippen LogP contribution is -2.37. The number of hydrazine groups is 1. The van der Waals surface area contributed by atoms with Crippen LogP contribution in [0.2, 0.25) is 0 Å². The normalized spacial score (nSPS) is 10.7. The van der Waals surface area contributed by atoms with E-state index in [-0.39, 0.29) is 12.4 Å². The molecule has 1 aromatic carbocycles. The van der Waals surface area contributed by atoms with E-state index in [1.54, 1.807) is 6.07 Å². The van der Waals surface area contributed by atoms with Crippen molar-refractivity contribution in [3.05, 3.63) is 52.4 Å². The van der Waals surface area contributed by atoms with Gasteiger partial charge in [-0.05, 0) is 19.1 Å². The molecule has 0 spiro atoms. The van der Waals surface area contributed by atoms with Gasteiger partial charge in [-0.3, -0.25) is 10.2 Å². The molecule has 0 unspecified atom stereocenters. The molecule has 1 heterocycles. The first kappa shape index (κ1) is 16.5. The SMILES string of the molecule is Cc1csc(/C(C#N)=C/NNC(=O)COc2cccc(F)c2)n1. The van der Waals surface area contributed by atoms with Crippen LogP contribution in [0.25, 0.3) is 5.57 Å². The number of nitriles is 1. The molecule has 2 N–H and O–H groups in total. The van der Waals surface area contributed by atoms with Crippen LogP contribution in [0.15, 0.2) is 35.8 Å². The number of aromatic nitrogens is 1. The number of nitrogens with zero attached hydrogens (tertiary/aromatic N) is 2. The van der Waals surface area contributed by atoms with E-state index in [1.165, 1.54) is 35.7 Å². The summed E-state index contributed by atoms with van der Waals surface area (Å²) in [5, 5.41) is 11.5. The summed E-state index contributed by atoms with van der Waals surface area (Å²) in [6.07, 6.45) is 1.35. The van der Waals surface area contributed by atoms with Crippen LogP contribution in [0.4, 0.5) is 4.39 Å². The number of carbonyl (C=O) groups is 1. The first-order valence-corrected chi connectivity index (χ1v) is 7.42. The number of amides is 1. The molecule has 6 nitrogen and oxygen atoms in total. The molecule has 0 aliphatic rings. The van der Waals surface area contributed by atoms with Crippen LogP contribution in [0.1, 0.15) is 10.7 Å². The summed E-state index contributed by atoms with van der Waals surface area (Å²) in [4.78, 5) is 15.8. The number of benzene rings is 1. The largest absolute Gasteiger partial charge is 0.484 e. The highest BCUT2D eigenvalue weighted by Crippen LogP contribution is 2.17. The maximum atomic E-state index is 12.9. The molecular formula is C15H13FN4O2S. The molecule has 8 heteroatoms. The number of thiazole rings is 1. The first-order valence-electron chi connectivity index (χ1n) is 6.54. The Bertz CT molecular complexity index is 767. The quantitative estimate of drug-likeness (QED) is 0.625. The van der Waals surface area contributed by atoms with Crippen molar-refractivity contribution in [3.8, 4) is 11.8 Å². The van der Waals surface area contributed by atoms with Crippen molar-refractivity contribution < 1.29 is 13.9 Å². The van der Waals surface area contributed by atoms with E-state index in [0.29, 0.717) is 10.6 Å². The molecule has 0 bridgehead atoms. The van der Waals surface area contributed by atoms with Crippen molar-refractivity contribution in [2.45, 2.75) is 6.92 Å². The third-order valence-corrected chi connectivity index (χ3v) is 3.56. The monoisotopic (exact) mass is 332 g/mol. The average molecular weight is 332 g/mol. The highest BCUT2D eigenvalue weighted by Gasteiger charge is 2.06. The first-order chi connectivity index (χ1) is 11.1. The summed E-state index contributed by atoms with van der Waals surface area (Å²) in [6, 6.07) is 7.48. The van der Waals surface area contributed by atoms with E-state index in [4.69, 9.17) is 10.00 Å². The van der Waals surface area contributed by atoms with Gasteiger partial charge < -0.3 is 10.2 Å². The predicted molar refractivity (Wildman–Crippen MR) is 83.6 cm³/mol. The van der Waals surface area contributed by atoms with Gasteiger partial charge >= 0.3 is 0 Å². The molecule has 0 fully saturated rings. The second kappa shape index (κ2) is 7.91. The van der Waals surface area contributed by atoms with Crippen molar-refractivity contribution in [3.63, 3.8) is 0 Å². The topological polar surface area (TPSA) is 87.0 Å². The van der Waals surface area contributed by atoms with Crippen LogP contribution in [-0.4, -0.2) is 17.5 Å². The van der Waals surface area contributed by atoms with Gasteiger partial charge in [0.1, 0.15) is 28.2 Å². The molecule has 23 heavy (non-hydrogen) atoms. The Labute approximate surface area is 136 Å². The van der Waals surface area contributed by atoms with E-state index in [0.717, 1.165) is 5.69 Å². The Hall–Kier alpha value is -2.92. The summed E-state index contributed by atoms with van der Waals surface area (Å²) < 4.78 is 18.1. The second-order valence-corrected chi connectivity index (χ2v) is 5.26. The highest BCUT2D eigenvalue weighted by molar-refractivity contribution is 7.10. The van der Waals surface area contributed by atoms with Crippen LogP contribution in [-0.2, 0) is 4.79 Å². The summed E-state index contributed by atoms with van der Waals surface area (Å²) in [7, 11) is 0. The van der Waals surface area contributed by atoms with E-state index in [9.17, 15) is 9.18 Å². The van der Waals surface area contributed by atoms with Crippen LogP contribution in [0.3, 0.4) is 0 Å². The maximum Gasteiger partial charge on any atom is 0.276 e. The number of carbonyl (C=O) groups excluding carboxylic acids is 1. The lowest BCUT2D eigenvalue weighted by atomic mass is 10.3. The van der Waals surface area contributed by atoms with Crippen molar-refractivity contribution in [2.24, 2.45) is 0 Å². The molecule has 2 rings (SSSR count). The Kier molecular flexibility index (Phi) is 5.66. The molecule has 0 aliphatic heterocycles. The van der Waals surface area contributed by atoms with Crippen molar-refractivity contribution in [2.75, 3.05) is 6.61 Å². The van der Waals surface area contributed by atoms with Crippen LogP contribution >= 0.6 is 11.3 Å². The number of aryl methyl sites for hydroxylation is 1. The van der Waals surface area contributed by atoms with E-state index in [1.807, 2.05) is 18.4 Å². The molecule has 0 aliphatic carbocycles. The molecular weight excluding hydrogens is 319 g/mol. The summed E-state index contributed by atoms with van der Waals surface area (Å²) in [6.45, 7) is 1.54. The van der Waals surface area contributed by atoms with Crippen molar-refractivity contribution in [1.29, 1.82) is 5.26 Å². The Morgan fingerprint density at radius 1 is 1.57 bits per heavy atom. The van der Waals surface area contributed by atoms with Gasteiger partial charge in [0.25, 0.3) is 5.91 Å². The van der Waals surface area contributed by atoms with Crippen molar-refractivity contribution >= 4 is 22.8 Å². The lowest BCUT2D eigenvalue weighted by Gasteiger charge is -2.07. The minimum Gasteiger partial charge on any atom is -0.484 e. The number of hydrogen-bond acceptors (Lipinski definition) is 6. The number of allylic oxidation sites excluding steroid dienone is 1. The zero-order valence-electron chi connectivity index (χ0n) is 12.2. The molecule has 0 saturated heterocycles. The summed E-state index contributed by atoms with van der Waals surface area (Å²) in [5.41, 5.74) is 5.99. The number of ether oxygens (including phenoxy) is 1. The zero-order valence-corrected chi connectivity index (χ0v) is 13.0. The van der Waals surface area contributed by atoms with Crippen LogP contribution in [0, 0.1) is 24.1 Å². The number of rotatable bonds is 6. The molecule has 1 amide bonds. The van der Waals surface area contributed by atoms with E-state index < -0.39 is 11.7 Å². The Balaban J connectivity index is 1.82. The lowest BCUT2D eigenvalue weighted by molar-refractivity contribution is -0.123. The molecule has 0 radical (unpaired) electrons. The molecule has 2 aromatic rings. The van der Waals surface area contributed by atoms with Gasteiger partial charge in [0, 0.05) is 23.3 Å². The number of nitrogens with one attached hydrogen (secondary N) is 2. The fraction of sp³-hybridized carbons (Fsp3) is 0.133. The molecule has 118 valence electrons. The maximum absolute atomic E-state index is 12.9. The Morgan fingerprint density at radius 2 is 2.39 bits per heavy atom. The van der Waals surface area contributed by atoms with Gasteiger partial charge in [-0.2, -0.15) is 5.26 Å². The number of hydrogen-bond donors (Lipinski definition) is 2. The van der Waals surface area contributed by atoms with Gasteiger partial charge in [-0.15, -0.1) is 11.3 Å². The van der Waals surface area contributed by atoms with Gasteiger partial charge in [0.15, 0.2) is 6.61 Å². The highest BCUT2D eigenvalue weighted by atomic mass is 32.1. The standard InChI is InChI=1S/C15H13FN4O2S/c1-10-9-23-15(19-10)11(6-17)7-18-20-14(21)8-22-13-4-2-3-12(16)5-13/h2-5,7,9,18H,8H2,1H3,(H,20,21)/b11-7+.